The maximum Gasteiger partial charge on any atom is 0.262 e. The van der Waals surface area contributed by atoms with E-state index in [-0.39, 0.29) is 11.5 Å². The van der Waals surface area contributed by atoms with Crippen molar-refractivity contribution in [2.24, 2.45) is 0 Å². The Labute approximate surface area is 195 Å². The number of nitrogens with zero attached hydrogens (tertiary/aromatic N) is 1. The zero-order valence-electron chi connectivity index (χ0n) is 18.3. The summed E-state index contributed by atoms with van der Waals surface area (Å²) in [5.74, 6) is 0.754. The number of ether oxygens (including phenoxy) is 2. The number of carbonyl (C=O) groups is 1. The van der Waals surface area contributed by atoms with E-state index in [0.717, 1.165) is 5.56 Å². The molecule has 1 amide bonds. The van der Waals surface area contributed by atoms with Crippen LogP contribution >= 0.6 is 12.2 Å². The third-order valence-corrected chi connectivity index (χ3v) is 5.69. The Morgan fingerprint density at radius 2 is 1.82 bits per heavy atom. The molecule has 0 aliphatic carbocycles. The number of benzene rings is 3. The second-order valence-electron chi connectivity index (χ2n) is 7.40. The molecule has 4 rings (SSSR count). The van der Waals surface area contributed by atoms with Crippen molar-refractivity contribution < 1.29 is 14.3 Å². The zero-order chi connectivity index (χ0) is 23.4. The first-order valence-electron chi connectivity index (χ1n) is 10.3. The van der Waals surface area contributed by atoms with Gasteiger partial charge in [-0.05, 0) is 54.5 Å². The second-order valence-corrected chi connectivity index (χ2v) is 7.79. The summed E-state index contributed by atoms with van der Waals surface area (Å²) in [7, 11) is 3.07. The van der Waals surface area contributed by atoms with Crippen LogP contribution in [-0.4, -0.2) is 29.7 Å². The summed E-state index contributed by atoms with van der Waals surface area (Å²) >= 11 is 5.43. The Bertz CT molecular complexity index is 1430. The first kappa shape index (κ1) is 22.3. The number of H-pyrrole nitrogens is 1. The first-order chi connectivity index (χ1) is 16.0. The minimum atomic E-state index is -0.340. The minimum absolute atomic E-state index is 0.187. The summed E-state index contributed by atoms with van der Waals surface area (Å²) in [4.78, 5) is 29.0. The monoisotopic (exact) mass is 461 g/mol. The highest BCUT2D eigenvalue weighted by molar-refractivity contribution is 7.71. The van der Waals surface area contributed by atoms with Crippen LogP contribution in [0.3, 0.4) is 0 Å². The van der Waals surface area contributed by atoms with Gasteiger partial charge in [0.05, 0.1) is 30.8 Å². The Morgan fingerprint density at radius 1 is 1.03 bits per heavy atom. The third kappa shape index (κ3) is 4.80. The molecule has 7 nitrogen and oxygen atoms in total. The Hall–Kier alpha value is -3.91. The molecule has 0 radical (unpaired) electrons. The van der Waals surface area contributed by atoms with E-state index in [1.807, 2.05) is 30.3 Å². The highest BCUT2D eigenvalue weighted by Crippen LogP contribution is 2.29. The van der Waals surface area contributed by atoms with Gasteiger partial charge in [0, 0.05) is 18.2 Å². The SMILES string of the molecule is COc1ccc(NC(=O)c2ccc3c(=O)n(CCc4ccccc4)c(=S)[nH]c3c2)c(OC)c1. The molecule has 0 unspecified atom stereocenters. The Morgan fingerprint density at radius 3 is 2.55 bits per heavy atom. The highest BCUT2D eigenvalue weighted by atomic mass is 32.1. The van der Waals surface area contributed by atoms with E-state index in [4.69, 9.17) is 21.7 Å². The largest absolute Gasteiger partial charge is 0.497 e. The number of aromatic nitrogens is 2. The number of hydrogen-bond acceptors (Lipinski definition) is 5. The average molecular weight is 462 g/mol. The molecule has 0 saturated heterocycles. The van der Waals surface area contributed by atoms with E-state index in [1.165, 1.54) is 7.11 Å². The maximum absolute atomic E-state index is 13.0. The predicted molar refractivity (Wildman–Crippen MR) is 131 cm³/mol. The molecule has 0 aliphatic heterocycles. The first-order valence-corrected chi connectivity index (χ1v) is 10.7. The predicted octanol–water partition coefficient (Wildman–Crippen LogP) is 4.57. The van der Waals surface area contributed by atoms with Crippen molar-refractivity contribution in [3.63, 3.8) is 0 Å². The quantitative estimate of drug-likeness (QED) is 0.394. The number of hydrogen-bond donors (Lipinski definition) is 2. The van der Waals surface area contributed by atoms with Crippen molar-refractivity contribution in [2.75, 3.05) is 19.5 Å². The molecule has 33 heavy (non-hydrogen) atoms. The van der Waals surface area contributed by atoms with E-state index in [0.29, 0.717) is 51.4 Å². The highest BCUT2D eigenvalue weighted by Gasteiger charge is 2.13. The van der Waals surface area contributed by atoms with Crippen LogP contribution in [0, 0.1) is 4.77 Å². The summed E-state index contributed by atoms with van der Waals surface area (Å²) in [5, 5.41) is 3.30. The van der Waals surface area contributed by atoms with Crippen LogP contribution in [0.1, 0.15) is 15.9 Å². The average Bonchev–Trinajstić information content (AvgIpc) is 2.84. The van der Waals surface area contributed by atoms with Crippen LogP contribution in [0.5, 0.6) is 11.5 Å². The summed E-state index contributed by atoms with van der Waals surface area (Å²) in [6, 6.07) is 19.9. The Balaban J connectivity index is 1.60. The van der Waals surface area contributed by atoms with Gasteiger partial charge < -0.3 is 19.8 Å². The van der Waals surface area contributed by atoms with Crippen LogP contribution in [0.2, 0.25) is 0 Å². The lowest BCUT2D eigenvalue weighted by Crippen LogP contribution is -2.23. The van der Waals surface area contributed by atoms with Gasteiger partial charge in [-0.1, -0.05) is 30.3 Å². The fourth-order valence-electron chi connectivity index (χ4n) is 3.58. The molecule has 3 aromatic carbocycles. The molecule has 0 fully saturated rings. The van der Waals surface area contributed by atoms with E-state index < -0.39 is 0 Å². The molecule has 0 aliphatic rings. The van der Waals surface area contributed by atoms with Gasteiger partial charge in [-0.2, -0.15) is 0 Å². The number of methoxy groups -OCH3 is 2. The van der Waals surface area contributed by atoms with Crippen LogP contribution < -0.4 is 20.3 Å². The molecular weight excluding hydrogens is 438 g/mol. The van der Waals surface area contributed by atoms with Crippen molar-refractivity contribution in [2.45, 2.75) is 13.0 Å². The molecule has 0 atom stereocenters. The van der Waals surface area contributed by atoms with Gasteiger partial charge in [0.25, 0.3) is 11.5 Å². The van der Waals surface area contributed by atoms with E-state index in [2.05, 4.69) is 10.3 Å². The molecule has 168 valence electrons. The van der Waals surface area contributed by atoms with E-state index in [1.54, 1.807) is 48.1 Å². The number of anilines is 1. The minimum Gasteiger partial charge on any atom is -0.497 e. The van der Waals surface area contributed by atoms with Gasteiger partial charge >= 0.3 is 0 Å². The Kier molecular flexibility index (Phi) is 6.55. The molecule has 4 aromatic rings. The zero-order valence-corrected chi connectivity index (χ0v) is 19.1. The molecule has 0 spiro atoms. The number of fused-ring (bicyclic) bond motifs is 1. The maximum atomic E-state index is 13.0. The molecule has 0 saturated carbocycles. The van der Waals surface area contributed by atoms with Crippen LogP contribution in [0.4, 0.5) is 5.69 Å². The van der Waals surface area contributed by atoms with Crippen molar-refractivity contribution >= 4 is 34.7 Å². The van der Waals surface area contributed by atoms with Crippen LogP contribution in [0.25, 0.3) is 10.9 Å². The number of nitrogens with one attached hydrogen (secondary N) is 2. The smallest absolute Gasteiger partial charge is 0.262 e. The number of aryl methyl sites for hydroxylation is 1. The summed E-state index contributed by atoms with van der Waals surface area (Å²) < 4.78 is 12.4. The van der Waals surface area contributed by atoms with E-state index >= 15 is 0 Å². The van der Waals surface area contributed by atoms with Gasteiger partial charge in [0.2, 0.25) is 0 Å². The summed E-state index contributed by atoms with van der Waals surface area (Å²) in [5.41, 5.74) is 2.34. The standard InChI is InChI=1S/C25H23N3O4S/c1-31-18-9-11-20(22(15-18)32-2)26-23(29)17-8-10-19-21(14-17)27-25(33)28(24(19)30)13-12-16-6-4-3-5-7-16/h3-11,14-15H,12-13H2,1-2H3,(H,26,29)(H,27,33). The topological polar surface area (TPSA) is 85.4 Å². The molecule has 8 heteroatoms. The second kappa shape index (κ2) is 9.70. The molecule has 1 aromatic heterocycles. The molecule has 1 heterocycles. The lowest BCUT2D eigenvalue weighted by atomic mass is 10.1. The van der Waals surface area contributed by atoms with Crippen LogP contribution in [0.15, 0.2) is 71.5 Å². The third-order valence-electron chi connectivity index (χ3n) is 5.37. The van der Waals surface area contributed by atoms with E-state index in [9.17, 15) is 9.59 Å². The fourth-order valence-corrected chi connectivity index (χ4v) is 3.86. The summed E-state index contributed by atoms with van der Waals surface area (Å²) in [6.45, 7) is 0.466. The lowest BCUT2D eigenvalue weighted by molar-refractivity contribution is 0.102. The number of carbonyl (C=O) groups excluding carboxylic acids is 1. The van der Waals surface area contributed by atoms with Crippen molar-refractivity contribution in [3.05, 3.63) is 93.0 Å². The normalized spacial score (nSPS) is 10.7. The summed E-state index contributed by atoms with van der Waals surface area (Å²) in [6.07, 6.45) is 0.688. The van der Waals surface area contributed by atoms with Crippen molar-refractivity contribution in [1.29, 1.82) is 0 Å². The lowest BCUT2D eigenvalue weighted by Gasteiger charge is -2.12. The van der Waals surface area contributed by atoms with Gasteiger partial charge in [0.15, 0.2) is 4.77 Å². The van der Waals surface area contributed by atoms with Crippen LogP contribution in [-0.2, 0) is 13.0 Å². The van der Waals surface area contributed by atoms with Crippen molar-refractivity contribution in [1.82, 2.24) is 9.55 Å². The number of amides is 1. The number of rotatable bonds is 7. The van der Waals surface area contributed by atoms with Crippen molar-refractivity contribution in [3.8, 4) is 11.5 Å². The van der Waals surface area contributed by atoms with Gasteiger partial charge in [-0.3, -0.25) is 14.2 Å². The fraction of sp³-hybridized carbons (Fsp3) is 0.160. The number of aromatic amines is 1. The molecule has 2 N–H and O–H groups in total. The molecule has 0 bridgehead atoms. The van der Waals surface area contributed by atoms with Gasteiger partial charge in [-0.25, -0.2) is 0 Å². The van der Waals surface area contributed by atoms with Gasteiger partial charge in [0.1, 0.15) is 11.5 Å². The van der Waals surface area contributed by atoms with Gasteiger partial charge in [-0.15, -0.1) is 0 Å². The molecular formula is C25H23N3O4S.